The maximum Gasteiger partial charge on any atom is 0.0702 e. The van der Waals surface area contributed by atoms with Crippen LogP contribution < -0.4 is 10.6 Å². The van der Waals surface area contributed by atoms with E-state index in [1.807, 2.05) is 6.07 Å². The van der Waals surface area contributed by atoms with E-state index in [0.717, 1.165) is 25.3 Å². The van der Waals surface area contributed by atoms with Crippen molar-refractivity contribution in [2.45, 2.75) is 63.5 Å². The average molecular weight is 288 g/mol. The van der Waals surface area contributed by atoms with Crippen molar-refractivity contribution in [1.82, 2.24) is 0 Å². The van der Waals surface area contributed by atoms with E-state index in [0.29, 0.717) is 6.04 Å². The van der Waals surface area contributed by atoms with Crippen LogP contribution in [0.15, 0.2) is 24.3 Å². The predicted molar refractivity (Wildman–Crippen MR) is 88.7 cm³/mol. The highest BCUT2D eigenvalue weighted by Crippen LogP contribution is 2.42. The van der Waals surface area contributed by atoms with Crippen LogP contribution in [0.3, 0.4) is 0 Å². The zero-order valence-corrected chi connectivity index (χ0v) is 13.2. The second kappa shape index (κ2) is 6.27. The molecule has 1 saturated carbocycles. The monoisotopic (exact) mass is 288 g/mol. The molecule has 2 fully saturated rings. The fraction of sp³-hybridized carbons (Fsp3) is 0.667. The lowest BCUT2D eigenvalue weighted by Crippen LogP contribution is -2.48. The molecule has 2 aliphatic rings. The van der Waals surface area contributed by atoms with E-state index < -0.39 is 0 Å². The van der Waals surface area contributed by atoms with Gasteiger partial charge in [-0.15, -0.1) is 0 Å². The maximum atomic E-state index is 6.19. The molecule has 1 atom stereocenters. The second-order valence-corrected chi connectivity index (χ2v) is 6.67. The molecular formula is C18H28N2O. The molecule has 1 saturated heterocycles. The minimum Gasteiger partial charge on any atom is -0.399 e. The summed E-state index contributed by atoms with van der Waals surface area (Å²) in [5.74, 6) is 0. The smallest absolute Gasteiger partial charge is 0.0702 e. The number of anilines is 2. The van der Waals surface area contributed by atoms with Gasteiger partial charge in [-0.1, -0.05) is 25.8 Å². The van der Waals surface area contributed by atoms with Crippen molar-refractivity contribution in [2.24, 2.45) is 0 Å². The number of hydrogen-bond acceptors (Lipinski definition) is 3. The Morgan fingerprint density at radius 1 is 1.33 bits per heavy atom. The van der Waals surface area contributed by atoms with Crippen LogP contribution >= 0.6 is 0 Å². The third kappa shape index (κ3) is 3.18. The van der Waals surface area contributed by atoms with Gasteiger partial charge in [-0.3, -0.25) is 0 Å². The van der Waals surface area contributed by atoms with Crippen molar-refractivity contribution >= 4 is 11.4 Å². The van der Waals surface area contributed by atoms with E-state index in [4.69, 9.17) is 10.5 Å². The molecule has 3 nitrogen and oxygen atoms in total. The molecule has 1 aromatic carbocycles. The zero-order valence-electron chi connectivity index (χ0n) is 13.2. The fourth-order valence-corrected chi connectivity index (χ4v) is 4.10. The molecule has 0 radical (unpaired) electrons. The van der Waals surface area contributed by atoms with Crippen LogP contribution in [0.25, 0.3) is 0 Å². The predicted octanol–water partition coefficient (Wildman–Crippen LogP) is 3.98. The lowest BCUT2D eigenvalue weighted by molar-refractivity contribution is -0.0800. The number of ether oxygens (including phenoxy) is 1. The Hall–Kier alpha value is -1.22. The Balaban J connectivity index is 1.80. The lowest BCUT2D eigenvalue weighted by Gasteiger charge is -2.44. The van der Waals surface area contributed by atoms with Crippen molar-refractivity contribution in [3.05, 3.63) is 24.3 Å². The first-order valence-electron chi connectivity index (χ1n) is 8.49. The van der Waals surface area contributed by atoms with E-state index in [9.17, 15) is 0 Å². The number of rotatable bonds is 4. The van der Waals surface area contributed by atoms with E-state index in [2.05, 4.69) is 30.0 Å². The average Bonchev–Trinajstić information content (AvgIpc) is 2.92. The van der Waals surface area contributed by atoms with E-state index >= 15 is 0 Å². The first-order valence-corrected chi connectivity index (χ1v) is 8.49. The molecular weight excluding hydrogens is 260 g/mol. The van der Waals surface area contributed by atoms with Crippen LogP contribution in [0, 0.1) is 0 Å². The highest BCUT2D eigenvalue weighted by molar-refractivity contribution is 5.56. The number of nitrogens with two attached hydrogens (primary N) is 1. The van der Waals surface area contributed by atoms with Crippen LogP contribution in [-0.2, 0) is 4.74 Å². The molecule has 1 spiro atoms. The Labute approximate surface area is 128 Å². The van der Waals surface area contributed by atoms with Gasteiger partial charge < -0.3 is 15.4 Å². The molecule has 1 unspecified atom stereocenters. The molecule has 21 heavy (non-hydrogen) atoms. The third-order valence-electron chi connectivity index (χ3n) is 5.09. The molecule has 3 rings (SSSR count). The number of nitrogens with zero attached hydrogens (tertiary/aromatic N) is 1. The lowest BCUT2D eigenvalue weighted by atomic mass is 9.87. The molecule has 116 valence electrons. The van der Waals surface area contributed by atoms with Gasteiger partial charge in [0.1, 0.15) is 0 Å². The van der Waals surface area contributed by atoms with Gasteiger partial charge in [0.25, 0.3) is 0 Å². The summed E-state index contributed by atoms with van der Waals surface area (Å²) < 4.78 is 6.19. The summed E-state index contributed by atoms with van der Waals surface area (Å²) in [6.45, 7) is 4.27. The first-order chi connectivity index (χ1) is 10.2. The van der Waals surface area contributed by atoms with Gasteiger partial charge in [0.05, 0.1) is 5.60 Å². The fourth-order valence-electron chi connectivity index (χ4n) is 4.10. The van der Waals surface area contributed by atoms with Crippen LogP contribution in [0.2, 0.25) is 0 Å². The van der Waals surface area contributed by atoms with Crippen molar-refractivity contribution in [3.8, 4) is 0 Å². The zero-order chi connectivity index (χ0) is 14.7. The number of hydrogen-bond donors (Lipinski definition) is 1. The molecule has 0 amide bonds. The van der Waals surface area contributed by atoms with Crippen LogP contribution in [0.1, 0.15) is 51.9 Å². The molecule has 1 aliphatic heterocycles. The maximum absolute atomic E-state index is 6.19. The molecule has 2 N–H and O–H groups in total. The van der Waals surface area contributed by atoms with Gasteiger partial charge in [-0.05, 0) is 50.3 Å². The molecule has 0 aromatic heterocycles. The quantitative estimate of drug-likeness (QED) is 0.852. The van der Waals surface area contributed by atoms with Gasteiger partial charge in [0, 0.05) is 30.6 Å². The topological polar surface area (TPSA) is 38.5 Å². The van der Waals surface area contributed by atoms with Crippen LogP contribution in [0.4, 0.5) is 11.4 Å². The highest BCUT2D eigenvalue weighted by Gasteiger charge is 2.41. The second-order valence-electron chi connectivity index (χ2n) is 6.67. The van der Waals surface area contributed by atoms with Gasteiger partial charge in [0.2, 0.25) is 0 Å². The molecule has 0 bridgehead atoms. The summed E-state index contributed by atoms with van der Waals surface area (Å²) in [6.07, 6.45) is 8.65. The van der Waals surface area contributed by atoms with Crippen LogP contribution in [0.5, 0.6) is 0 Å². The summed E-state index contributed by atoms with van der Waals surface area (Å²) >= 11 is 0. The van der Waals surface area contributed by atoms with E-state index in [1.54, 1.807) is 0 Å². The Morgan fingerprint density at radius 3 is 2.86 bits per heavy atom. The molecule has 1 aromatic rings. The summed E-state index contributed by atoms with van der Waals surface area (Å²) in [6, 6.07) is 8.95. The normalized spacial score (nSPS) is 24.3. The van der Waals surface area contributed by atoms with E-state index in [-0.39, 0.29) is 5.60 Å². The SMILES string of the molecule is CCCN(c1cccc(N)c1)C1CCOC2(CCCC2)C1. The number of nitrogen functional groups attached to an aromatic ring is 1. The van der Waals surface area contributed by atoms with Crippen molar-refractivity contribution < 1.29 is 4.74 Å². The Bertz CT molecular complexity index is 468. The number of benzene rings is 1. The Morgan fingerprint density at radius 2 is 2.14 bits per heavy atom. The van der Waals surface area contributed by atoms with Crippen molar-refractivity contribution in [1.29, 1.82) is 0 Å². The summed E-state index contributed by atoms with van der Waals surface area (Å²) in [5, 5.41) is 0. The third-order valence-corrected chi connectivity index (χ3v) is 5.09. The summed E-state index contributed by atoms with van der Waals surface area (Å²) in [4.78, 5) is 2.57. The van der Waals surface area contributed by atoms with E-state index in [1.165, 1.54) is 44.2 Å². The minimum absolute atomic E-state index is 0.176. The summed E-state index contributed by atoms with van der Waals surface area (Å²) in [5.41, 5.74) is 8.29. The van der Waals surface area contributed by atoms with Gasteiger partial charge in [0.15, 0.2) is 0 Å². The van der Waals surface area contributed by atoms with Crippen molar-refractivity contribution in [2.75, 3.05) is 23.8 Å². The molecule has 3 heteroatoms. The standard InChI is InChI=1S/C18H28N2O/c1-2-11-20(16-7-5-6-15(19)13-16)17-8-12-21-18(14-17)9-3-4-10-18/h5-7,13,17H,2-4,8-12,14,19H2,1H3. The van der Waals surface area contributed by atoms with Gasteiger partial charge in [-0.25, -0.2) is 0 Å². The first kappa shape index (κ1) is 14.7. The van der Waals surface area contributed by atoms with Crippen molar-refractivity contribution in [3.63, 3.8) is 0 Å². The van der Waals surface area contributed by atoms with Gasteiger partial charge in [-0.2, -0.15) is 0 Å². The molecule has 1 aliphatic carbocycles. The molecule has 1 heterocycles. The largest absolute Gasteiger partial charge is 0.399 e. The van der Waals surface area contributed by atoms with Crippen LogP contribution in [-0.4, -0.2) is 24.8 Å². The minimum atomic E-state index is 0.176. The van der Waals surface area contributed by atoms with Gasteiger partial charge >= 0.3 is 0 Å². The highest BCUT2D eigenvalue weighted by atomic mass is 16.5. The Kier molecular flexibility index (Phi) is 4.39. The summed E-state index contributed by atoms with van der Waals surface area (Å²) in [7, 11) is 0.